The molecule has 0 radical (unpaired) electrons. The Morgan fingerprint density at radius 3 is 2.80 bits per heavy atom. The lowest BCUT2D eigenvalue weighted by atomic mass is 10.1. The Morgan fingerprint density at radius 2 is 1.92 bits per heavy atom. The second kappa shape index (κ2) is 6.22. The van der Waals surface area contributed by atoms with Gasteiger partial charge in [-0.2, -0.15) is 0 Å². The van der Waals surface area contributed by atoms with Gasteiger partial charge in [-0.1, -0.05) is 36.0 Å². The standard InChI is InChI=1S/C19H14N2O3S/c1-11-6-7-13-12(9-17(22)24-16(13)8-11)10-25-19-20-15-5-3-2-4-14(15)18(23)21-19/h2-9H,10H2,1H3,(H,20,21,23). The summed E-state index contributed by atoms with van der Waals surface area (Å²) in [4.78, 5) is 31.2. The van der Waals surface area contributed by atoms with Crippen molar-refractivity contribution in [3.63, 3.8) is 0 Å². The van der Waals surface area contributed by atoms with E-state index >= 15 is 0 Å². The van der Waals surface area contributed by atoms with Gasteiger partial charge in [0.1, 0.15) is 5.58 Å². The third-order valence-corrected chi connectivity index (χ3v) is 4.86. The van der Waals surface area contributed by atoms with Gasteiger partial charge in [0.15, 0.2) is 5.16 Å². The van der Waals surface area contributed by atoms with Gasteiger partial charge >= 0.3 is 5.63 Å². The summed E-state index contributed by atoms with van der Waals surface area (Å²) in [5.74, 6) is 0.506. The molecule has 0 atom stereocenters. The predicted molar refractivity (Wildman–Crippen MR) is 99.1 cm³/mol. The molecule has 0 unspecified atom stereocenters. The third kappa shape index (κ3) is 3.08. The summed E-state index contributed by atoms with van der Waals surface area (Å²) in [6, 6.07) is 14.5. The van der Waals surface area contributed by atoms with Crippen LogP contribution in [0, 0.1) is 6.92 Å². The normalized spacial score (nSPS) is 11.2. The Hall–Kier alpha value is -2.86. The molecule has 2 aromatic carbocycles. The molecule has 0 amide bonds. The summed E-state index contributed by atoms with van der Waals surface area (Å²) in [6.45, 7) is 1.95. The molecule has 4 rings (SSSR count). The molecule has 0 fully saturated rings. The summed E-state index contributed by atoms with van der Waals surface area (Å²) in [7, 11) is 0. The van der Waals surface area contributed by atoms with E-state index in [2.05, 4.69) is 9.97 Å². The fourth-order valence-electron chi connectivity index (χ4n) is 2.74. The number of nitrogens with zero attached hydrogens (tertiary/aromatic N) is 1. The lowest BCUT2D eigenvalue weighted by Crippen LogP contribution is -2.09. The number of aromatic amines is 1. The number of aromatic nitrogens is 2. The minimum Gasteiger partial charge on any atom is -0.423 e. The van der Waals surface area contributed by atoms with Gasteiger partial charge in [0.25, 0.3) is 5.56 Å². The number of rotatable bonds is 3. The fraction of sp³-hybridized carbons (Fsp3) is 0.105. The van der Waals surface area contributed by atoms with Crippen LogP contribution >= 0.6 is 11.8 Å². The maximum absolute atomic E-state index is 12.1. The largest absolute Gasteiger partial charge is 0.423 e. The van der Waals surface area contributed by atoms with Gasteiger partial charge in [-0.3, -0.25) is 4.79 Å². The average molecular weight is 350 g/mol. The van der Waals surface area contributed by atoms with Crippen LogP contribution in [0.25, 0.3) is 21.9 Å². The molecule has 25 heavy (non-hydrogen) atoms. The molecule has 1 N–H and O–H groups in total. The average Bonchev–Trinajstić information content (AvgIpc) is 2.59. The molecule has 124 valence electrons. The Labute approximate surface area is 146 Å². The number of benzene rings is 2. The highest BCUT2D eigenvalue weighted by molar-refractivity contribution is 7.98. The van der Waals surface area contributed by atoms with Crippen molar-refractivity contribution >= 4 is 33.6 Å². The van der Waals surface area contributed by atoms with Crippen molar-refractivity contribution in [1.29, 1.82) is 0 Å². The first kappa shape index (κ1) is 15.7. The van der Waals surface area contributed by atoms with Crippen LogP contribution in [0.5, 0.6) is 0 Å². The van der Waals surface area contributed by atoms with Gasteiger partial charge < -0.3 is 9.40 Å². The number of thioether (sulfide) groups is 1. The minimum absolute atomic E-state index is 0.166. The number of hydrogen-bond acceptors (Lipinski definition) is 5. The molecule has 0 saturated heterocycles. The van der Waals surface area contributed by atoms with Crippen molar-refractivity contribution in [3.05, 3.63) is 80.4 Å². The molecule has 0 spiro atoms. The highest BCUT2D eigenvalue weighted by atomic mass is 32.2. The Bertz CT molecular complexity index is 1210. The van der Waals surface area contributed by atoms with E-state index in [1.807, 2.05) is 43.3 Å². The molecule has 2 aromatic heterocycles. The summed E-state index contributed by atoms with van der Waals surface area (Å²) < 4.78 is 5.27. The van der Waals surface area contributed by atoms with Crippen LogP contribution in [0.15, 0.2) is 67.7 Å². The first-order valence-electron chi connectivity index (χ1n) is 7.75. The van der Waals surface area contributed by atoms with E-state index in [1.165, 1.54) is 17.8 Å². The third-order valence-electron chi connectivity index (χ3n) is 3.94. The lowest BCUT2D eigenvalue weighted by molar-refractivity contribution is 0.559. The molecular formula is C19H14N2O3S. The lowest BCUT2D eigenvalue weighted by Gasteiger charge is -2.06. The summed E-state index contributed by atoms with van der Waals surface area (Å²) in [5.41, 5.74) is 2.56. The van der Waals surface area contributed by atoms with Crippen LogP contribution in [0.2, 0.25) is 0 Å². The zero-order chi connectivity index (χ0) is 17.4. The van der Waals surface area contributed by atoms with E-state index in [-0.39, 0.29) is 11.2 Å². The SMILES string of the molecule is Cc1ccc2c(CSc3nc4ccccc4c(=O)[nH]3)cc(=O)oc2c1. The number of nitrogens with one attached hydrogen (secondary N) is 1. The van der Waals surface area contributed by atoms with E-state index in [4.69, 9.17) is 4.42 Å². The zero-order valence-electron chi connectivity index (χ0n) is 13.4. The smallest absolute Gasteiger partial charge is 0.336 e. The maximum Gasteiger partial charge on any atom is 0.336 e. The molecule has 6 heteroatoms. The first-order valence-corrected chi connectivity index (χ1v) is 8.74. The molecule has 0 saturated carbocycles. The Kier molecular flexibility index (Phi) is 3.89. The van der Waals surface area contributed by atoms with Crippen LogP contribution in [-0.4, -0.2) is 9.97 Å². The van der Waals surface area contributed by atoms with Gasteiger partial charge in [0.05, 0.1) is 10.9 Å². The highest BCUT2D eigenvalue weighted by Gasteiger charge is 2.09. The zero-order valence-corrected chi connectivity index (χ0v) is 14.2. The van der Waals surface area contributed by atoms with E-state index in [0.29, 0.717) is 27.4 Å². The fourth-order valence-corrected chi connectivity index (χ4v) is 3.59. The summed E-state index contributed by atoms with van der Waals surface area (Å²) >= 11 is 1.38. The van der Waals surface area contributed by atoms with Crippen LogP contribution in [0.3, 0.4) is 0 Å². The number of aryl methyl sites for hydroxylation is 1. The summed E-state index contributed by atoms with van der Waals surface area (Å²) in [6.07, 6.45) is 0. The van der Waals surface area contributed by atoms with Gasteiger partial charge in [-0.25, -0.2) is 9.78 Å². The quantitative estimate of drug-likeness (QED) is 0.347. The van der Waals surface area contributed by atoms with E-state index in [9.17, 15) is 9.59 Å². The van der Waals surface area contributed by atoms with Crippen molar-refractivity contribution in [1.82, 2.24) is 9.97 Å². The number of hydrogen-bond donors (Lipinski definition) is 1. The van der Waals surface area contributed by atoms with Gasteiger partial charge in [0.2, 0.25) is 0 Å². The second-order valence-corrected chi connectivity index (χ2v) is 6.73. The number of fused-ring (bicyclic) bond motifs is 2. The Balaban J connectivity index is 1.71. The van der Waals surface area contributed by atoms with Crippen LogP contribution in [0.4, 0.5) is 0 Å². The number of para-hydroxylation sites is 1. The predicted octanol–water partition coefficient (Wildman–Crippen LogP) is 3.63. The van der Waals surface area contributed by atoms with Gasteiger partial charge in [-0.15, -0.1) is 0 Å². The summed E-state index contributed by atoms with van der Waals surface area (Å²) in [5, 5.41) is 1.98. The molecule has 4 aromatic rings. The molecule has 0 aliphatic rings. The first-order chi connectivity index (χ1) is 12.1. The topological polar surface area (TPSA) is 76.0 Å². The van der Waals surface area contributed by atoms with Gasteiger partial charge in [-0.05, 0) is 36.2 Å². The van der Waals surface area contributed by atoms with E-state index in [1.54, 1.807) is 6.07 Å². The number of H-pyrrole nitrogens is 1. The van der Waals surface area contributed by atoms with Crippen molar-refractivity contribution in [3.8, 4) is 0 Å². The van der Waals surface area contributed by atoms with Crippen molar-refractivity contribution in [2.45, 2.75) is 17.8 Å². The molecule has 0 bridgehead atoms. The van der Waals surface area contributed by atoms with E-state index < -0.39 is 0 Å². The molecule has 0 aliphatic heterocycles. The molecule has 2 heterocycles. The molecule has 5 nitrogen and oxygen atoms in total. The monoisotopic (exact) mass is 350 g/mol. The second-order valence-electron chi connectivity index (χ2n) is 5.77. The Morgan fingerprint density at radius 1 is 1.08 bits per heavy atom. The van der Waals surface area contributed by atoms with Crippen LogP contribution in [-0.2, 0) is 5.75 Å². The van der Waals surface area contributed by atoms with E-state index in [0.717, 1.165) is 16.5 Å². The van der Waals surface area contributed by atoms with Crippen LogP contribution in [0.1, 0.15) is 11.1 Å². The molecule has 0 aliphatic carbocycles. The highest BCUT2D eigenvalue weighted by Crippen LogP contribution is 2.25. The van der Waals surface area contributed by atoms with Gasteiger partial charge in [0, 0.05) is 17.2 Å². The van der Waals surface area contributed by atoms with Crippen LogP contribution < -0.4 is 11.2 Å². The van der Waals surface area contributed by atoms with Crippen molar-refractivity contribution < 1.29 is 4.42 Å². The van der Waals surface area contributed by atoms with Crippen molar-refractivity contribution in [2.75, 3.05) is 0 Å². The molecular weight excluding hydrogens is 336 g/mol. The maximum atomic E-state index is 12.1. The van der Waals surface area contributed by atoms with Crippen molar-refractivity contribution in [2.24, 2.45) is 0 Å². The minimum atomic E-state index is -0.381.